The number of hydrogen-bond donors (Lipinski definition) is 1. The first-order valence-corrected chi connectivity index (χ1v) is 9.58. The lowest BCUT2D eigenvalue weighted by molar-refractivity contribution is 0.410. The molecule has 0 unspecified atom stereocenters. The van der Waals surface area contributed by atoms with Crippen LogP contribution in [-0.4, -0.2) is 7.11 Å². The van der Waals surface area contributed by atoms with Crippen molar-refractivity contribution in [3.05, 3.63) is 82.7 Å². The van der Waals surface area contributed by atoms with E-state index in [1.165, 1.54) is 11.9 Å². The van der Waals surface area contributed by atoms with Crippen molar-refractivity contribution in [3.63, 3.8) is 0 Å². The van der Waals surface area contributed by atoms with Crippen LogP contribution in [0.4, 0.5) is 5.69 Å². The molecule has 136 valence electrons. The second kappa shape index (κ2) is 7.76. The lowest BCUT2D eigenvalue weighted by Crippen LogP contribution is -2.04. The van der Waals surface area contributed by atoms with Gasteiger partial charge in [-0.1, -0.05) is 36.4 Å². The van der Waals surface area contributed by atoms with Gasteiger partial charge in [0.25, 0.3) is 0 Å². The Morgan fingerprint density at radius 3 is 2.70 bits per heavy atom. The summed E-state index contributed by atoms with van der Waals surface area (Å²) >= 11 is 1.48. The molecule has 1 aromatic heterocycles. The SMILES string of the molecule is COc1c(NSc2ccccc2)ccc2c(=O)cc(C3=CCCC=C3)oc12. The highest BCUT2D eigenvalue weighted by molar-refractivity contribution is 8.00. The second-order valence-electron chi connectivity index (χ2n) is 6.15. The van der Waals surface area contributed by atoms with Crippen LogP contribution in [0.5, 0.6) is 5.75 Å². The van der Waals surface area contributed by atoms with Gasteiger partial charge in [-0.3, -0.25) is 4.79 Å². The zero-order valence-corrected chi connectivity index (χ0v) is 15.7. The van der Waals surface area contributed by atoms with E-state index in [1.54, 1.807) is 19.2 Å². The van der Waals surface area contributed by atoms with E-state index in [0.29, 0.717) is 22.5 Å². The van der Waals surface area contributed by atoms with Gasteiger partial charge in [0, 0.05) is 16.5 Å². The molecule has 1 aliphatic carbocycles. The van der Waals surface area contributed by atoms with Crippen LogP contribution in [0, 0.1) is 0 Å². The maximum absolute atomic E-state index is 12.6. The molecule has 0 radical (unpaired) electrons. The van der Waals surface area contributed by atoms with E-state index in [0.717, 1.165) is 29.0 Å². The topological polar surface area (TPSA) is 51.5 Å². The van der Waals surface area contributed by atoms with Gasteiger partial charge in [0.2, 0.25) is 0 Å². The van der Waals surface area contributed by atoms with Gasteiger partial charge in [-0.15, -0.1) is 0 Å². The van der Waals surface area contributed by atoms with Crippen molar-refractivity contribution in [1.29, 1.82) is 0 Å². The fourth-order valence-corrected chi connectivity index (χ4v) is 3.70. The molecule has 5 heteroatoms. The Morgan fingerprint density at radius 2 is 1.96 bits per heavy atom. The summed E-state index contributed by atoms with van der Waals surface area (Å²) in [6.07, 6.45) is 8.12. The Kier molecular flexibility index (Phi) is 5.03. The van der Waals surface area contributed by atoms with Crippen LogP contribution in [0.1, 0.15) is 18.6 Å². The average molecular weight is 377 g/mol. The second-order valence-corrected chi connectivity index (χ2v) is 7.03. The van der Waals surface area contributed by atoms with Gasteiger partial charge in [0.05, 0.1) is 18.2 Å². The average Bonchev–Trinajstić information content (AvgIpc) is 2.73. The molecule has 3 aromatic rings. The van der Waals surface area contributed by atoms with E-state index in [4.69, 9.17) is 9.15 Å². The minimum absolute atomic E-state index is 0.0771. The molecule has 4 rings (SSSR count). The molecule has 0 bridgehead atoms. The molecule has 1 aliphatic rings. The quantitative estimate of drug-likeness (QED) is 0.582. The molecule has 0 saturated heterocycles. The van der Waals surface area contributed by atoms with E-state index in [1.807, 2.05) is 42.5 Å². The third kappa shape index (κ3) is 3.64. The highest BCUT2D eigenvalue weighted by atomic mass is 32.2. The standard InChI is InChI=1S/C22H19NO3S/c1-25-22-18(23-27-16-10-6-3-7-11-16)13-12-17-19(24)14-20(26-21(17)22)15-8-4-2-5-9-15/h3-4,6-14,23H,2,5H2,1H3. The fraction of sp³-hybridized carbons (Fsp3) is 0.136. The number of nitrogens with one attached hydrogen (secondary N) is 1. The first-order valence-electron chi connectivity index (χ1n) is 8.76. The van der Waals surface area contributed by atoms with Crippen molar-refractivity contribution in [2.24, 2.45) is 0 Å². The molecule has 0 saturated carbocycles. The van der Waals surface area contributed by atoms with E-state index < -0.39 is 0 Å². The molecule has 2 aromatic carbocycles. The van der Waals surface area contributed by atoms with Gasteiger partial charge in [-0.2, -0.15) is 0 Å². The van der Waals surface area contributed by atoms with Crippen LogP contribution >= 0.6 is 11.9 Å². The smallest absolute Gasteiger partial charge is 0.193 e. The Bertz CT molecular complexity index is 1080. The Labute approximate surface area is 161 Å². The summed E-state index contributed by atoms with van der Waals surface area (Å²) in [5, 5.41) is 0.506. The van der Waals surface area contributed by atoms with Crippen LogP contribution in [0.25, 0.3) is 16.5 Å². The van der Waals surface area contributed by atoms with Crippen LogP contribution in [0.15, 0.2) is 80.9 Å². The number of benzene rings is 2. The monoisotopic (exact) mass is 377 g/mol. The molecule has 0 amide bonds. The third-order valence-corrected chi connectivity index (χ3v) is 5.19. The number of rotatable bonds is 5. The van der Waals surface area contributed by atoms with E-state index in [2.05, 4.69) is 16.9 Å². The number of ether oxygens (including phenoxy) is 1. The molecular weight excluding hydrogens is 358 g/mol. The summed E-state index contributed by atoms with van der Waals surface area (Å²) in [6, 6.07) is 15.1. The zero-order valence-electron chi connectivity index (χ0n) is 14.9. The molecule has 1 N–H and O–H groups in total. The van der Waals surface area contributed by atoms with Gasteiger partial charge in [-0.05, 0) is 49.1 Å². The number of fused-ring (bicyclic) bond motifs is 1. The molecule has 4 nitrogen and oxygen atoms in total. The Hall–Kier alpha value is -2.92. The third-order valence-electron chi connectivity index (χ3n) is 4.36. The van der Waals surface area contributed by atoms with Crippen molar-refractivity contribution >= 4 is 34.2 Å². The lowest BCUT2D eigenvalue weighted by atomic mass is 10.0. The van der Waals surface area contributed by atoms with E-state index >= 15 is 0 Å². The molecule has 27 heavy (non-hydrogen) atoms. The summed E-state index contributed by atoms with van der Waals surface area (Å²) in [6.45, 7) is 0. The molecule has 1 heterocycles. The number of allylic oxidation sites excluding steroid dienone is 4. The number of methoxy groups -OCH3 is 1. The Morgan fingerprint density at radius 1 is 1.11 bits per heavy atom. The molecule has 0 aliphatic heterocycles. The highest BCUT2D eigenvalue weighted by Gasteiger charge is 2.16. The van der Waals surface area contributed by atoms with Gasteiger partial charge in [-0.25, -0.2) is 0 Å². The maximum Gasteiger partial charge on any atom is 0.193 e. The lowest BCUT2D eigenvalue weighted by Gasteiger charge is -2.13. The minimum atomic E-state index is -0.0771. The van der Waals surface area contributed by atoms with Crippen molar-refractivity contribution in [1.82, 2.24) is 0 Å². The van der Waals surface area contributed by atoms with Crippen molar-refractivity contribution < 1.29 is 9.15 Å². The van der Waals surface area contributed by atoms with Crippen LogP contribution < -0.4 is 14.9 Å². The maximum atomic E-state index is 12.6. The summed E-state index contributed by atoms with van der Waals surface area (Å²) < 4.78 is 15.0. The van der Waals surface area contributed by atoms with Crippen molar-refractivity contribution in [2.45, 2.75) is 17.7 Å². The van der Waals surface area contributed by atoms with Gasteiger partial charge in [0.15, 0.2) is 16.8 Å². The molecule has 0 atom stereocenters. The van der Waals surface area contributed by atoms with E-state index in [9.17, 15) is 4.79 Å². The summed E-state index contributed by atoms with van der Waals surface area (Å²) in [4.78, 5) is 13.7. The van der Waals surface area contributed by atoms with Crippen LogP contribution in [0.3, 0.4) is 0 Å². The van der Waals surface area contributed by atoms with Gasteiger partial charge < -0.3 is 13.9 Å². The summed E-state index contributed by atoms with van der Waals surface area (Å²) in [5.41, 5.74) is 2.07. The predicted octanol–water partition coefficient (Wildman–Crippen LogP) is 5.65. The number of anilines is 1. The molecule has 0 fully saturated rings. The summed E-state index contributed by atoms with van der Waals surface area (Å²) in [5.74, 6) is 1.09. The fourth-order valence-electron chi connectivity index (χ4n) is 3.02. The first kappa shape index (κ1) is 17.5. The van der Waals surface area contributed by atoms with Crippen LogP contribution in [-0.2, 0) is 0 Å². The van der Waals surface area contributed by atoms with E-state index in [-0.39, 0.29) is 5.43 Å². The van der Waals surface area contributed by atoms with Gasteiger partial charge >= 0.3 is 0 Å². The van der Waals surface area contributed by atoms with Crippen molar-refractivity contribution in [3.8, 4) is 5.75 Å². The highest BCUT2D eigenvalue weighted by Crippen LogP contribution is 2.36. The molecular formula is C22H19NO3S. The first-order chi connectivity index (χ1) is 13.3. The van der Waals surface area contributed by atoms with Crippen LogP contribution in [0.2, 0.25) is 0 Å². The largest absolute Gasteiger partial charge is 0.491 e. The number of hydrogen-bond acceptors (Lipinski definition) is 5. The molecule has 0 spiro atoms. The zero-order chi connectivity index (χ0) is 18.6. The predicted molar refractivity (Wildman–Crippen MR) is 111 cm³/mol. The normalized spacial score (nSPS) is 13.4. The summed E-state index contributed by atoms with van der Waals surface area (Å²) in [7, 11) is 1.58. The Balaban J connectivity index is 1.76. The van der Waals surface area contributed by atoms with Crippen molar-refractivity contribution in [2.75, 3.05) is 11.8 Å². The minimum Gasteiger partial charge on any atom is -0.491 e. The van der Waals surface area contributed by atoms with Gasteiger partial charge in [0.1, 0.15) is 5.76 Å².